The number of rotatable bonds is 8. The van der Waals surface area contributed by atoms with Crippen LogP contribution in [0.3, 0.4) is 0 Å². The van der Waals surface area contributed by atoms with Crippen molar-refractivity contribution in [2.45, 2.75) is 24.9 Å². The Bertz CT molecular complexity index is 1250. The van der Waals surface area contributed by atoms with Gasteiger partial charge in [0.2, 0.25) is 5.91 Å². The second kappa shape index (κ2) is 9.76. The number of nitrogens with one attached hydrogen (secondary N) is 2. The summed E-state index contributed by atoms with van der Waals surface area (Å²) in [6, 6.07) is 23.5. The van der Waals surface area contributed by atoms with Crippen molar-refractivity contribution in [3.05, 3.63) is 112 Å². The fourth-order valence-corrected chi connectivity index (χ4v) is 4.12. The normalized spacial score (nSPS) is 18.1. The van der Waals surface area contributed by atoms with Gasteiger partial charge < -0.3 is 10.6 Å². The minimum Gasteiger partial charge on any atom is -0.347 e. The van der Waals surface area contributed by atoms with Crippen molar-refractivity contribution in [3.63, 3.8) is 0 Å². The van der Waals surface area contributed by atoms with E-state index in [1.165, 1.54) is 31.2 Å². The van der Waals surface area contributed by atoms with Gasteiger partial charge in [-0.3, -0.25) is 24.6 Å². The van der Waals surface area contributed by atoms with E-state index in [4.69, 9.17) is 0 Å². The molecule has 178 valence electrons. The Hall–Kier alpha value is -4.53. The molecule has 2 unspecified atom stereocenters. The zero-order valence-corrected chi connectivity index (χ0v) is 19.0. The van der Waals surface area contributed by atoms with E-state index >= 15 is 0 Å². The van der Waals surface area contributed by atoms with E-state index in [0.717, 1.165) is 16.0 Å². The Balaban J connectivity index is 1.49. The van der Waals surface area contributed by atoms with Gasteiger partial charge in [-0.2, -0.15) is 0 Å². The fraction of sp³-hybridized carbons (Fsp3) is 0.192. The number of carbonyl (C=O) groups excluding carboxylic acids is 3. The molecule has 2 N–H and O–H groups in total. The predicted molar refractivity (Wildman–Crippen MR) is 128 cm³/mol. The highest BCUT2D eigenvalue weighted by molar-refractivity contribution is 6.09. The summed E-state index contributed by atoms with van der Waals surface area (Å²) in [5.41, 5.74) is 0.751. The van der Waals surface area contributed by atoms with Gasteiger partial charge in [0, 0.05) is 12.1 Å². The zero-order chi connectivity index (χ0) is 25.0. The molecule has 1 fully saturated rings. The van der Waals surface area contributed by atoms with E-state index in [9.17, 15) is 24.5 Å². The third kappa shape index (κ3) is 5.03. The number of benzene rings is 3. The molecule has 0 bridgehead atoms. The Morgan fingerprint density at radius 2 is 1.60 bits per heavy atom. The lowest BCUT2D eigenvalue weighted by atomic mass is 9.92. The maximum atomic E-state index is 13.2. The number of nitrogens with zero attached hydrogens (tertiary/aromatic N) is 2. The van der Waals surface area contributed by atoms with Crippen LogP contribution in [-0.2, 0) is 21.5 Å². The molecule has 9 heteroatoms. The first-order chi connectivity index (χ1) is 16.8. The van der Waals surface area contributed by atoms with Crippen LogP contribution in [0.1, 0.15) is 29.7 Å². The van der Waals surface area contributed by atoms with Gasteiger partial charge in [0.25, 0.3) is 11.6 Å². The zero-order valence-electron chi connectivity index (χ0n) is 19.0. The van der Waals surface area contributed by atoms with Crippen molar-refractivity contribution < 1.29 is 19.3 Å². The highest BCUT2D eigenvalue weighted by Crippen LogP contribution is 2.30. The van der Waals surface area contributed by atoms with Crippen LogP contribution in [0.25, 0.3) is 0 Å². The van der Waals surface area contributed by atoms with Gasteiger partial charge in [-0.05, 0) is 42.2 Å². The van der Waals surface area contributed by atoms with Crippen molar-refractivity contribution in [1.82, 2.24) is 15.5 Å². The molecule has 1 saturated heterocycles. The third-order valence-electron chi connectivity index (χ3n) is 6.05. The van der Waals surface area contributed by atoms with Gasteiger partial charge in [-0.1, -0.05) is 60.7 Å². The van der Waals surface area contributed by atoms with Gasteiger partial charge in [-0.15, -0.1) is 0 Å². The number of urea groups is 1. The number of nitro benzene ring substituents is 1. The maximum Gasteiger partial charge on any atom is 0.325 e. The van der Waals surface area contributed by atoms with Crippen LogP contribution in [0.2, 0.25) is 0 Å². The Morgan fingerprint density at radius 1 is 1.00 bits per heavy atom. The van der Waals surface area contributed by atoms with E-state index in [0.29, 0.717) is 12.0 Å². The largest absolute Gasteiger partial charge is 0.347 e. The van der Waals surface area contributed by atoms with Crippen LogP contribution in [0.5, 0.6) is 0 Å². The van der Waals surface area contributed by atoms with Crippen LogP contribution in [0, 0.1) is 10.1 Å². The van der Waals surface area contributed by atoms with Crippen molar-refractivity contribution in [3.8, 4) is 0 Å². The van der Waals surface area contributed by atoms with Crippen molar-refractivity contribution in [2.24, 2.45) is 0 Å². The van der Waals surface area contributed by atoms with Crippen LogP contribution < -0.4 is 10.6 Å². The van der Waals surface area contributed by atoms with E-state index < -0.39 is 34.9 Å². The van der Waals surface area contributed by atoms with Crippen molar-refractivity contribution in [2.75, 3.05) is 6.54 Å². The van der Waals surface area contributed by atoms with E-state index in [-0.39, 0.29) is 11.7 Å². The Kier molecular flexibility index (Phi) is 6.59. The number of hydrogen-bond acceptors (Lipinski definition) is 5. The standard InChI is InChI=1S/C26H24N4O5/c1-26(20-12-14-21(15-13-20)30(34)35)24(32)29(25(33)28-26)17-23(31)27-22(19-10-6-3-7-11-19)16-18-8-4-2-5-9-18/h2-15,22H,16-17H2,1H3,(H,27,31)(H,28,33). The van der Waals surface area contributed by atoms with Crippen molar-refractivity contribution in [1.29, 1.82) is 0 Å². The molecule has 0 aromatic heterocycles. The first-order valence-electron chi connectivity index (χ1n) is 11.1. The number of hydrogen-bond donors (Lipinski definition) is 2. The average Bonchev–Trinajstić information content (AvgIpc) is 3.08. The van der Waals surface area contributed by atoms with Crippen LogP contribution in [-0.4, -0.2) is 34.2 Å². The monoisotopic (exact) mass is 472 g/mol. The van der Waals surface area contributed by atoms with E-state index in [1.54, 1.807) is 0 Å². The molecule has 4 rings (SSSR count). The molecule has 0 saturated carbocycles. The fourth-order valence-electron chi connectivity index (χ4n) is 4.12. The average molecular weight is 473 g/mol. The molecule has 1 aliphatic rings. The first kappa shape index (κ1) is 23.6. The second-order valence-corrected chi connectivity index (χ2v) is 8.47. The molecular weight excluding hydrogens is 448 g/mol. The van der Waals surface area contributed by atoms with Gasteiger partial charge >= 0.3 is 6.03 Å². The highest BCUT2D eigenvalue weighted by Gasteiger charge is 2.49. The van der Waals surface area contributed by atoms with Crippen LogP contribution in [0.15, 0.2) is 84.9 Å². The summed E-state index contributed by atoms with van der Waals surface area (Å²) < 4.78 is 0. The van der Waals surface area contributed by atoms with Crippen molar-refractivity contribution >= 4 is 23.5 Å². The number of imide groups is 1. The van der Waals surface area contributed by atoms with Gasteiger partial charge in [0.15, 0.2) is 0 Å². The SMILES string of the molecule is CC1(c2ccc([N+](=O)[O-])cc2)NC(=O)N(CC(=O)NC(Cc2ccccc2)c2ccccc2)C1=O. The molecule has 0 aliphatic carbocycles. The lowest BCUT2D eigenvalue weighted by Gasteiger charge is -2.23. The molecule has 1 aliphatic heterocycles. The lowest BCUT2D eigenvalue weighted by molar-refractivity contribution is -0.384. The molecule has 9 nitrogen and oxygen atoms in total. The predicted octanol–water partition coefficient (Wildman–Crippen LogP) is 3.46. The van der Waals surface area contributed by atoms with Crippen LogP contribution >= 0.6 is 0 Å². The van der Waals surface area contributed by atoms with Gasteiger partial charge in [0.1, 0.15) is 12.1 Å². The Labute approximate surface area is 201 Å². The second-order valence-electron chi connectivity index (χ2n) is 8.47. The summed E-state index contributed by atoms with van der Waals surface area (Å²) in [7, 11) is 0. The number of carbonyl (C=O) groups is 3. The Morgan fingerprint density at radius 3 is 2.20 bits per heavy atom. The summed E-state index contributed by atoms with van der Waals surface area (Å²) >= 11 is 0. The van der Waals surface area contributed by atoms with Crippen LogP contribution in [0.4, 0.5) is 10.5 Å². The molecule has 3 aromatic carbocycles. The summed E-state index contributed by atoms with van der Waals surface area (Å²) in [6.45, 7) is 1.06. The van der Waals surface area contributed by atoms with Gasteiger partial charge in [-0.25, -0.2) is 4.79 Å². The first-order valence-corrected chi connectivity index (χ1v) is 11.1. The van der Waals surface area contributed by atoms with Gasteiger partial charge in [0.05, 0.1) is 11.0 Å². The molecule has 3 aromatic rings. The third-order valence-corrected chi connectivity index (χ3v) is 6.05. The summed E-state index contributed by atoms with van der Waals surface area (Å²) in [5, 5.41) is 16.5. The molecule has 4 amide bonds. The molecule has 0 spiro atoms. The molecule has 1 heterocycles. The molecule has 2 atom stereocenters. The minimum atomic E-state index is -1.44. The highest BCUT2D eigenvalue weighted by atomic mass is 16.6. The molecule has 0 radical (unpaired) electrons. The molecule has 35 heavy (non-hydrogen) atoms. The molecular formula is C26H24N4O5. The summed E-state index contributed by atoms with van der Waals surface area (Å²) in [6.07, 6.45) is 0.539. The minimum absolute atomic E-state index is 0.129. The number of non-ortho nitro benzene ring substituents is 1. The maximum absolute atomic E-state index is 13.2. The lowest BCUT2D eigenvalue weighted by Crippen LogP contribution is -2.44. The topological polar surface area (TPSA) is 122 Å². The summed E-state index contributed by atoms with van der Waals surface area (Å²) in [5.74, 6) is -1.09. The quantitative estimate of drug-likeness (QED) is 0.295. The number of nitro groups is 1. The number of amides is 4. The summed E-state index contributed by atoms with van der Waals surface area (Å²) in [4.78, 5) is 50.0. The van der Waals surface area contributed by atoms with E-state index in [1.807, 2.05) is 60.7 Å². The van der Waals surface area contributed by atoms with E-state index in [2.05, 4.69) is 10.6 Å². The smallest absolute Gasteiger partial charge is 0.325 e.